The first-order valence-electron chi connectivity index (χ1n) is 10.3. The fourth-order valence-electron chi connectivity index (χ4n) is 3.06. The van der Waals surface area contributed by atoms with Gasteiger partial charge in [0, 0.05) is 36.1 Å². The summed E-state index contributed by atoms with van der Waals surface area (Å²) in [4.78, 5) is 26.7. The molecule has 7 nitrogen and oxygen atoms in total. The zero-order valence-electron chi connectivity index (χ0n) is 17.5. The number of carbonyl (C=O) groups is 2. The van der Waals surface area contributed by atoms with Crippen molar-refractivity contribution in [1.82, 2.24) is 4.90 Å². The van der Waals surface area contributed by atoms with Gasteiger partial charge in [-0.2, -0.15) is 0 Å². The minimum atomic E-state index is -0.195. The molecule has 160 valence electrons. The molecular formula is C23H29N3O4. The van der Waals surface area contributed by atoms with Gasteiger partial charge >= 0.3 is 0 Å². The van der Waals surface area contributed by atoms with Gasteiger partial charge < -0.3 is 25.0 Å². The van der Waals surface area contributed by atoms with Crippen LogP contribution in [-0.4, -0.2) is 55.7 Å². The number of carbonyl (C=O) groups excluding carboxylic acids is 2. The minimum absolute atomic E-state index is 0.0503. The Morgan fingerprint density at radius 2 is 1.83 bits per heavy atom. The number of anilines is 2. The molecule has 0 aromatic heterocycles. The van der Waals surface area contributed by atoms with E-state index in [1.807, 2.05) is 31.2 Å². The number of nitrogens with one attached hydrogen (secondary N) is 2. The molecule has 0 spiro atoms. The van der Waals surface area contributed by atoms with E-state index in [1.165, 1.54) is 0 Å². The molecule has 2 aromatic carbocycles. The predicted molar refractivity (Wildman–Crippen MR) is 117 cm³/mol. The molecule has 0 saturated carbocycles. The molecule has 2 amide bonds. The molecule has 1 atom stereocenters. The lowest BCUT2D eigenvalue weighted by Crippen LogP contribution is -2.40. The monoisotopic (exact) mass is 411 g/mol. The van der Waals surface area contributed by atoms with Crippen molar-refractivity contribution in [3.8, 4) is 5.75 Å². The van der Waals surface area contributed by atoms with Gasteiger partial charge in [0.15, 0.2) is 0 Å². The summed E-state index contributed by atoms with van der Waals surface area (Å²) in [6.45, 7) is 6.47. The van der Waals surface area contributed by atoms with Crippen LogP contribution in [0.25, 0.3) is 0 Å². The zero-order valence-corrected chi connectivity index (χ0v) is 17.5. The van der Waals surface area contributed by atoms with Crippen LogP contribution in [0.3, 0.4) is 0 Å². The van der Waals surface area contributed by atoms with Crippen molar-refractivity contribution in [2.24, 2.45) is 0 Å². The molecule has 0 bridgehead atoms. The van der Waals surface area contributed by atoms with Gasteiger partial charge in [-0.25, -0.2) is 0 Å². The van der Waals surface area contributed by atoms with Gasteiger partial charge in [0.25, 0.3) is 5.91 Å². The third-order valence-electron chi connectivity index (χ3n) is 4.89. The predicted octanol–water partition coefficient (Wildman–Crippen LogP) is 3.39. The van der Waals surface area contributed by atoms with Crippen LogP contribution in [0.1, 0.15) is 30.6 Å². The fraction of sp³-hybridized carbons (Fsp3) is 0.391. The number of nitrogens with zero attached hydrogens (tertiary/aromatic N) is 1. The normalized spacial score (nSPS) is 14.7. The van der Waals surface area contributed by atoms with Crippen LogP contribution in [0.5, 0.6) is 5.75 Å². The van der Waals surface area contributed by atoms with Crippen LogP contribution in [0.4, 0.5) is 11.4 Å². The average molecular weight is 412 g/mol. The maximum atomic E-state index is 12.6. The average Bonchev–Trinajstić information content (AvgIpc) is 2.78. The van der Waals surface area contributed by atoms with Crippen molar-refractivity contribution in [1.29, 1.82) is 0 Å². The Morgan fingerprint density at radius 1 is 1.10 bits per heavy atom. The Labute approximate surface area is 177 Å². The van der Waals surface area contributed by atoms with E-state index in [-0.39, 0.29) is 24.5 Å². The summed E-state index contributed by atoms with van der Waals surface area (Å²) in [7, 11) is 0. The maximum absolute atomic E-state index is 12.6. The third kappa shape index (κ3) is 6.22. The van der Waals surface area contributed by atoms with E-state index in [1.54, 1.807) is 29.2 Å². The second-order valence-corrected chi connectivity index (χ2v) is 7.25. The van der Waals surface area contributed by atoms with Crippen molar-refractivity contribution >= 4 is 23.2 Å². The highest BCUT2D eigenvalue weighted by Gasteiger charge is 2.18. The molecule has 1 saturated heterocycles. The summed E-state index contributed by atoms with van der Waals surface area (Å²) in [6.07, 6.45) is 1.06. The highest BCUT2D eigenvalue weighted by atomic mass is 16.5. The van der Waals surface area contributed by atoms with E-state index in [4.69, 9.17) is 9.47 Å². The van der Waals surface area contributed by atoms with E-state index < -0.39 is 0 Å². The number of amides is 2. The number of rotatable bonds is 8. The molecule has 1 aliphatic heterocycles. The smallest absolute Gasteiger partial charge is 0.254 e. The standard InChI is InChI=1S/C23H29N3O4/c1-3-17(2)30-21-9-5-7-19(15-21)24-16-22(27)25-20-8-4-6-18(14-20)23(28)26-10-12-29-13-11-26/h4-9,14-15,17,24H,3,10-13,16H2,1-2H3,(H,25,27). The molecule has 2 aromatic rings. The second kappa shape index (κ2) is 10.6. The fourth-order valence-corrected chi connectivity index (χ4v) is 3.06. The van der Waals surface area contributed by atoms with E-state index in [0.29, 0.717) is 37.6 Å². The van der Waals surface area contributed by atoms with Gasteiger partial charge in [-0.3, -0.25) is 9.59 Å². The van der Waals surface area contributed by atoms with Crippen LogP contribution < -0.4 is 15.4 Å². The van der Waals surface area contributed by atoms with Crippen LogP contribution >= 0.6 is 0 Å². The second-order valence-electron chi connectivity index (χ2n) is 7.25. The van der Waals surface area contributed by atoms with Gasteiger partial charge in [0.2, 0.25) is 5.91 Å². The molecule has 1 aliphatic rings. The first-order valence-corrected chi connectivity index (χ1v) is 10.3. The van der Waals surface area contributed by atoms with E-state index in [0.717, 1.165) is 17.9 Å². The Kier molecular flexibility index (Phi) is 7.68. The quantitative estimate of drug-likeness (QED) is 0.696. The largest absolute Gasteiger partial charge is 0.491 e. The molecule has 30 heavy (non-hydrogen) atoms. The minimum Gasteiger partial charge on any atom is -0.491 e. The van der Waals surface area contributed by atoms with Gasteiger partial charge in [-0.1, -0.05) is 19.1 Å². The summed E-state index contributed by atoms with van der Waals surface area (Å²) in [5, 5.41) is 5.94. The van der Waals surface area contributed by atoms with Crippen molar-refractivity contribution in [2.75, 3.05) is 43.5 Å². The lowest BCUT2D eigenvalue weighted by atomic mass is 10.1. The van der Waals surface area contributed by atoms with Crippen LogP contribution in [0.2, 0.25) is 0 Å². The summed E-state index contributed by atoms with van der Waals surface area (Å²) in [5.41, 5.74) is 1.95. The molecule has 0 aliphatic carbocycles. The molecule has 7 heteroatoms. The highest BCUT2D eigenvalue weighted by Crippen LogP contribution is 2.19. The van der Waals surface area contributed by atoms with Gasteiger partial charge in [-0.05, 0) is 43.7 Å². The van der Waals surface area contributed by atoms with E-state index in [2.05, 4.69) is 17.6 Å². The summed E-state index contributed by atoms with van der Waals surface area (Å²) in [6, 6.07) is 14.6. The summed E-state index contributed by atoms with van der Waals surface area (Å²) < 4.78 is 11.1. The third-order valence-corrected chi connectivity index (χ3v) is 4.89. The van der Waals surface area contributed by atoms with Crippen molar-refractivity contribution in [3.05, 3.63) is 54.1 Å². The number of hydrogen-bond donors (Lipinski definition) is 2. The Balaban J connectivity index is 1.54. The molecule has 1 heterocycles. The van der Waals surface area contributed by atoms with E-state index in [9.17, 15) is 9.59 Å². The molecular weight excluding hydrogens is 382 g/mol. The topological polar surface area (TPSA) is 79.9 Å². The molecule has 0 radical (unpaired) electrons. The Hall–Kier alpha value is -3.06. The van der Waals surface area contributed by atoms with Crippen molar-refractivity contribution in [2.45, 2.75) is 26.4 Å². The zero-order chi connectivity index (χ0) is 21.3. The van der Waals surface area contributed by atoms with Gasteiger partial charge in [0.05, 0.1) is 25.9 Å². The van der Waals surface area contributed by atoms with Crippen molar-refractivity contribution in [3.63, 3.8) is 0 Å². The van der Waals surface area contributed by atoms with E-state index >= 15 is 0 Å². The highest BCUT2D eigenvalue weighted by molar-refractivity contribution is 5.98. The van der Waals surface area contributed by atoms with Gasteiger partial charge in [0.1, 0.15) is 5.75 Å². The van der Waals surface area contributed by atoms with Crippen LogP contribution in [0.15, 0.2) is 48.5 Å². The van der Waals surface area contributed by atoms with Crippen molar-refractivity contribution < 1.29 is 19.1 Å². The molecule has 1 unspecified atom stereocenters. The van der Waals surface area contributed by atoms with Crippen LogP contribution in [-0.2, 0) is 9.53 Å². The molecule has 1 fully saturated rings. The molecule has 3 rings (SSSR count). The Bertz CT molecular complexity index is 865. The summed E-state index contributed by atoms with van der Waals surface area (Å²) >= 11 is 0. The Morgan fingerprint density at radius 3 is 2.60 bits per heavy atom. The summed E-state index contributed by atoms with van der Waals surface area (Å²) in [5.74, 6) is 0.522. The lowest BCUT2D eigenvalue weighted by molar-refractivity contribution is -0.114. The first-order chi connectivity index (χ1) is 14.5. The maximum Gasteiger partial charge on any atom is 0.254 e. The molecule has 2 N–H and O–H groups in total. The number of ether oxygens (including phenoxy) is 2. The number of hydrogen-bond acceptors (Lipinski definition) is 5. The first kappa shape index (κ1) is 21.6. The SMILES string of the molecule is CCC(C)Oc1cccc(NCC(=O)Nc2cccc(C(=O)N3CCOCC3)c2)c1. The number of benzene rings is 2. The lowest BCUT2D eigenvalue weighted by Gasteiger charge is -2.27. The van der Waals surface area contributed by atoms with Crippen LogP contribution in [0, 0.1) is 0 Å². The van der Waals surface area contributed by atoms with Gasteiger partial charge in [-0.15, -0.1) is 0 Å². The number of morpholine rings is 1.